The molecule has 0 aromatic heterocycles. The molecule has 0 radical (unpaired) electrons. The number of hydrogen-bond donors (Lipinski definition) is 3. The van der Waals surface area contributed by atoms with Crippen molar-refractivity contribution in [2.45, 2.75) is 12.6 Å². The van der Waals surface area contributed by atoms with E-state index >= 15 is 0 Å². The number of carbonyl (C=O) groups excluding carboxylic acids is 2. The molecule has 10 heteroatoms. The molecule has 1 aliphatic heterocycles. The van der Waals surface area contributed by atoms with Gasteiger partial charge in [0, 0.05) is 12.1 Å². The number of aliphatic hydroxyl groups is 1. The molecule has 0 unspecified atom stereocenters. The number of rotatable bonds is 9. The van der Waals surface area contributed by atoms with E-state index in [0.29, 0.717) is 28.7 Å². The first kappa shape index (κ1) is 22.0. The van der Waals surface area contributed by atoms with Crippen molar-refractivity contribution in [1.82, 2.24) is 10.6 Å². The quantitative estimate of drug-likeness (QED) is 0.533. The van der Waals surface area contributed by atoms with Crippen LogP contribution in [0.25, 0.3) is 0 Å². The fourth-order valence-corrected chi connectivity index (χ4v) is 3.01. The summed E-state index contributed by atoms with van der Waals surface area (Å²) in [6.07, 6.45) is 0. The Morgan fingerprint density at radius 2 is 1.71 bits per heavy atom. The topological polar surface area (TPSA) is 125 Å². The average Bonchev–Trinajstić information content (AvgIpc) is 3.27. The summed E-state index contributed by atoms with van der Waals surface area (Å²) in [6.45, 7) is -0.236. The lowest BCUT2D eigenvalue weighted by atomic mass is 10.1. The Hall–Kier alpha value is -3.66. The summed E-state index contributed by atoms with van der Waals surface area (Å²) in [6, 6.07) is 7.05. The summed E-state index contributed by atoms with van der Waals surface area (Å²) in [5, 5.41) is 14.8. The van der Waals surface area contributed by atoms with Gasteiger partial charge in [0.15, 0.2) is 23.0 Å². The third-order valence-corrected chi connectivity index (χ3v) is 4.64. The van der Waals surface area contributed by atoms with Crippen LogP contribution in [0.1, 0.15) is 15.9 Å². The Morgan fingerprint density at radius 3 is 2.32 bits per heavy atom. The standard InChI is InChI=1S/C21H24N2O8/c1-27-17-7-13(8-18(28-2)19(17)29-3)20(25)23-14(10-24)21(26)22-9-12-4-5-15-16(6-12)31-11-30-15/h4-8,14,24H,9-11H2,1-3H3,(H,22,26)(H,23,25)/t14-/m0/s1. The van der Waals surface area contributed by atoms with Gasteiger partial charge >= 0.3 is 0 Å². The first-order valence-electron chi connectivity index (χ1n) is 9.38. The molecular formula is C21H24N2O8. The van der Waals surface area contributed by atoms with Crippen molar-refractivity contribution in [3.63, 3.8) is 0 Å². The third-order valence-electron chi connectivity index (χ3n) is 4.64. The van der Waals surface area contributed by atoms with E-state index in [0.717, 1.165) is 5.56 Å². The fraction of sp³-hybridized carbons (Fsp3) is 0.333. The zero-order valence-electron chi connectivity index (χ0n) is 17.4. The van der Waals surface area contributed by atoms with Crippen LogP contribution in [-0.4, -0.2) is 57.7 Å². The molecule has 166 valence electrons. The lowest BCUT2D eigenvalue weighted by molar-refractivity contribution is -0.124. The number of aliphatic hydroxyl groups excluding tert-OH is 1. The van der Waals surface area contributed by atoms with Crippen LogP contribution in [0, 0.1) is 0 Å². The minimum Gasteiger partial charge on any atom is -0.493 e. The lowest BCUT2D eigenvalue weighted by Gasteiger charge is -2.18. The highest BCUT2D eigenvalue weighted by Gasteiger charge is 2.23. The molecule has 0 spiro atoms. The minimum absolute atomic E-state index is 0.157. The number of benzene rings is 2. The van der Waals surface area contributed by atoms with Crippen molar-refractivity contribution in [3.05, 3.63) is 41.5 Å². The Balaban J connectivity index is 1.65. The highest BCUT2D eigenvalue weighted by molar-refractivity contribution is 5.98. The van der Waals surface area contributed by atoms with Crippen LogP contribution >= 0.6 is 0 Å². The van der Waals surface area contributed by atoms with Crippen molar-refractivity contribution in [1.29, 1.82) is 0 Å². The Labute approximate surface area is 179 Å². The van der Waals surface area contributed by atoms with Gasteiger partial charge in [-0.1, -0.05) is 6.07 Å². The molecule has 2 aromatic rings. The van der Waals surface area contributed by atoms with Crippen molar-refractivity contribution in [3.8, 4) is 28.7 Å². The van der Waals surface area contributed by atoms with E-state index in [2.05, 4.69) is 10.6 Å². The average molecular weight is 432 g/mol. The van der Waals surface area contributed by atoms with Gasteiger partial charge in [0.25, 0.3) is 5.91 Å². The minimum atomic E-state index is -1.15. The number of nitrogens with one attached hydrogen (secondary N) is 2. The molecule has 0 saturated heterocycles. The second-order valence-electron chi connectivity index (χ2n) is 6.53. The number of methoxy groups -OCH3 is 3. The fourth-order valence-electron chi connectivity index (χ4n) is 3.01. The number of carbonyl (C=O) groups is 2. The predicted octanol–water partition coefficient (Wildman–Crippen LogP) is 0.848. The maximum atomic E-state index is 12.7. The van der Waals surface area contributed by atoms with Crippen LogP contribution in [0.3, 0.4) is 0 Å². The van der Waals surface area contributed by atoms with E-state index < -0.39 is 24.5 Å². The van der Waals surface area contributed by atoms with Crippen LogP contribution in [-0.2, 0) is 11.3 Å². The summed E-state index contributed by atoms with van der Waals surface area (Å²) >= 11 is 0. The van der Waals surface area contributed by atoms with Gasteiger partial charge in [-0.25, -0.2) is 0 Å². The maximum absolute atomic E-state index is 12.7. The summed E-state index contributed by atoms with van der Waals surface area (Å²) in [7, 11) is 4.31. The highest BCUT2D eigenvalue weighted by Crippen LogP contribution is 2.38. The molecular weight excluding hydrogens is 408 g/mol. The van der Waals surface area contributed by atoms with E-state index in [-0.39, 0.29) is 18.9 Å². The molecule has 0 fully saturated rings. The molecule has 0 saturated carbocycles. The molecule has 1 heterocycles. The summed E-state index contributed by atoms with van der Waals surface area (Å²) in [5.74, 6) is 1.03. The highest BCUT2D eigenvalue weighted by atomic mass is 16.7. The lowest BCUT2D eigenvalue weighted by Crippen LogP contribution is -2.48. The molecule has 2 aromatic carbocycles. The van der Waals surface area contributed by atoms with E-state index in [1.165, 1.54) is 33.5 Å². The van der Waals surface area contributed by atoms with E-state index in [9.17, 15) is 14.7 Å². The first-order valence-corrected chi connectivity index (χ1v) is 9.38. The second kappa shape index (κ2) is 9.90. The Kier molecular flexibility index (Phi) is 7.03. The molecule has 2 amide bonds. The third kappa shape index (κ3) is 4.92. The van der Waals surface area contributed by atoms with Crippen LogP contribution in [0.5, 0.6) is 28.7 Å². The van der Waals surface area contributed by atoms with Gasteiger partial charge in [-0.15, -0.1) is 0 Å². The van der Waals surface area contributed by atoms with E-state index in [1.807, 2.05) is 0 Å². The molecule has 1 aliphatic rings. The molecule has 1 atom stereocenters. The molecule has 0 bridgehead atoms. The Bertz CT molecular complexity index is 937. The van der Waals surface area contributed by atoms with Gasteiger partial charge in [-0.05, 0) is 29.8 Å². The number of amides is 2. The van der Waals surface area contributed by atoms with Gasteiger partial charge in [-0.2, -0.15) is 0 Å². The molecule has 3 rings (SSSR count). The van der Waals surface area contributed by atoms with Crippen molar-refractivity contribution >= 4 is 11.8 Å². The van der Waals surface area contributed by atoms with Crippen LogP contribution < -0.4 is 34.3 Å². The normalized spacial score (nSPS) is 12.6. The summed E-state index contributed by atoms with van der Waals surface area (Å²) < 4.78 is 26.3. The van der Waals surface area contributed by atoms with Gasteiger partial charge < -0.3 is 39.4 Å². The van der Waals surface area contributed by atoms with Crippen LogP contribution in [0.4, 0.5) is 0 Å². The molecule has 0 aliphatic carbocycles. The molecule has 10 nitrogen and oxygen atoms in total. The monoisotopic (exact) mass is 432 g/mol. The number of fused-ring (bicyclic) bond motifs is 1. The number of hydrogen-bond acceptors (Lipinski definition) is 8. The van der Waals surface area contributed by atoms with Crippen LogP contribution in [0.15, 0.2) is 30.3 Å². The number of ether oxygens (including phenoxy) is 5. The Morgan fingerprint density at radius 1 is 1.03 bits per heavy atom. The van der Waals surface area contributed by atoms with Gasteiger partial charge in [0.1, 0.15) is 6.04 Å². The van der Waals surface area contributed by atoms with Gasteiger partial charge in [-0.3, -0.25) is 9.59 Å². The smallest absolute Gasteiger partial charge is 0.252 e. The van der Waals surface area contributed by atoms with E-state index in [1.54, 1.807) is 18.2 Å². The largest absolute Gasteiger partial charge is 0.493 e. The summed E-state index contributed by atoms with van der Waals surface area (Å²) in [4.78, 5) is 25.2. The summed E-state index contributed by atoms with van der Waals surface area (Å²) in [5.41, 5.74) is 0.960. The molecule has 3 N–H and O–H groups in total. The zero-order valence-corrected chi connectivity index (χ0v) is 17.4. The van der Waals surface area contributed by atoms with Crippen LogP contribution in [0.2, 0.25) is 0 Å². The van der Waals surface area contributed by atoms with Gasteiger partial charge in [0.2, 0.25) is 18.4 Å². The van der Waals surface area contributed by atoms with Crippen molar-refractivity contribution < 1.29 is 38.4 Å². The van der Waals surface area contributed by atoms with Crippen molar-refractivity contribution in [2.75, 3.05) is 34.7 Å². The van der Waals surface area contributed by atoms with Gasteiger partial charge in [0.05, 0.1) is 27.9 Å². The maximum Gasteiger partial charge on any atom is 0.252 e. The van der Waals surface area contributed by atoms with Crippen molar-refractivity contribution in [2.24, 2.45) is 0 Å². The SMILES string of the molecule is COc1cc(C(=O)N[C@@H](CO)C(=O)NCc2ccc3c(c2)OCO3)cc(OC)c1OC. The second-order valence-corrected chi connectivity index (χ2v) is 6.53. The first-order chi connectivity index (χ1) is 15.0. The zero-order chi connectivity index (χ0) is 22.4. The van der Waals surface area contributed by atoms with E-state index in [4.69, 9.17) is 23.7 Å². The predicted molar refractivity (Wildman–Crippen MR) is 109 cm³/mol. The molecule has 31 heavy (non-hydrogen) atoms.